The van der Waals surface area contributed by atoms with Crippen molar-refractivity contribution in [2.24, 2.45) is 0 Å². The van der Waals surface area contributed by atoms with Crippen molar-refractivity contribution >= 4 is 28.6 Å². The molecule has 6 rings (SSSR count). The van der Waals surface area contributed by atoms with Gasteiger partial charge in [-0.2, -0.15) is 11.8 Å². The predicted octanol–water partition coefficient (Wildman–Crippen LogP) is 5.79. The number of benzene rings is 2. The van der Waals surface area contributed by atoms with E-state index in [1.165, 1.54) is 50.3 Å². The van der Waals surface area contributed by atoms with Crippen molar-refractivity contribution in [3.63, 3.8) is 0 Å². The lowest BCUT2D eigenvalue weighted by Gasteiger charge is -2.39. The molecule has 1 aliphatic carbocycles. The molecule has 1 saturated carbocycles. The lowest BCUT2D eigenvalue weighted by atomic mass is 9.90. The monoisotopic (exact) mass is 499 g/mol. The number of nitrogens with two attached hydrogens (primary N) is 1. The summed E-state index contributed by atoms with van der Waals surface area (Å²) in [5.74, 6) is 3.92. The van der Waals surface area contributed by atoms with E-state index in [1.54, 1.807) is 6.33 Å². The summed E-state index contributed by atoms with van der Waals surface area (Å²) in [5.41, 5.74) is 10.7. The lowest BCUT2D eigenvalue weighted by molar-refractivity contribution is 0.151. The molecule has 0 bridgehead atoms. The molecule has 2 aliphatic rings. The van der Waals surface area contributed by atoms with Gasteiger partial charge < -0.3 is 15.0 Å². The molecule has 0 unspecified atom stereocenters. The highest BCUT2D eigenvalue weighted by Gasteiger charge is 2.29. The Morgan fingerprint density at radius 2 is 1.69 bits per heavy atom. The van der Waals surface area contributed by atoms with E-state index >= 15 is 0 Å². The second kappa shape index (κ2) is 10.5. The average molecular weight is 500 g/mol. The minimum Gasteiger partial charge on any atom is -0.489 e. The molecule has 1 aliphatic heterocycles. The number of anilines is 1. The first-order valence-corrected chi connectivity index (χ1v) is 14.1. The fraction of sp³-hybridized carbons (Fsp3) is 0.379. The Hall–Kier alpha value is -3.03. The van der Waals surface area contributed by atoms with E-state index < -0.39 is 0 Å². The maximum atomic E-state index is 6.43. The van der Waals surface area contributed by atoms with Gasteiger partial charge in [0, 0.05) is 48.4 Å². The van der Waals surface area contributed by atoms with E-state index in [-0.39, 0.29) is 0 Å². The number of nitrogen functional groups attached to an aromatic ring is 1. The van der Waals surface area contributed by atoms with Gasteiger partial charge in [0.05, 0.1) is 5.39 Å². The molecule has 36 heavy (non-hydrogen) atoms. The Kier molecular flexibility index (Phi) is 6.84. The van der Waals surface area contributed by atoms with Crippen LogP contribution in [-0.4, -0.2) is 50.1 Å². The van der Waals surface area contributed by atoms with Crippen molar-refractivity contribution in [3.05, 3.63) is 72.7 Å². The highest BCUT2D eigenvalue weighted by atomic mass is 32.2. The van der Waals surface area contributed by atoms with Crippen LogP contribution in [0.3, 0.4) is 0 Å². The van der Waals surface area contributed by atoms with E-state index in [4.69, 9.17) is 15.5 Å². The molecule has 0 spiro atoms. The Bertz CT molecular complexity index is 1310. The molecule has 7 heteroatoms. The SMILES string of the molecule is Nc1ncnc2c1c(-c1cccc(OCc3ccccc3)c1)cn2[C@H]1CC[C@@H](N2CCSCC2)CC1. The van der Waals surface area contributed by atoms with Gasteiger partial charge in [0.2, 0.25) is 0 Å². The second-order valence-corrected chi connectivity index (χ2v) is 11.0. The molecule has 6 nitrogen and oxygen atoms in total. The normalized spacial score (nSPS) is 21.0. The molecular formula is C29H33N5OS. The Balaban J connectivity index is 1.26. The van der Waals surface area contributed by atoms with Crippen LogP contribution in [0.4, 0.5) is 5.82 Å². The topological polar surface area (TPSA) is 69.2 Å². The van der Waals surface area contributed by atoms with Gasteiger partial charge >= 0.3 is 0 Å². The molecule has 0 radical (unpaired) electrons. The largest absolute Gasteiger partial charge is 0.489 e. The molecule has 2 aromatic heterocycles. The van der Waals surface area contributed by atoms with Crippen LogP contribution in [0.25, 0.3) is 22.2 Å². The summed E-state index contributed by atoms with van der Waals surface area (Å²) in [5, 5.41) is 0.938. The molecule has 2 aromatic carbocycles. The first kappa shape index (κ1) is 23.4. The lowest BCUT2D eigenvalue weighted by Crippen LogP contribution is -2.43. The van der Waals surface area contributed by atoms with Crippen molar-refractivity contribution in [2.45, 2.75) is 44.4 Å². The Labute approximate surface area is 216 Å². The number of fused-ring (bicyclic) bond motifs is 1. The van der Waals surface area contributed by atoms with Gasteiger partial charge in [-0.15, -0.1) is 0 Å². The number of rotatable bonds is 6. The van der Waals surface area contributed by atoms with Gasteiger partial charge in [-0.3, -0.25) is 4.90 Å². The van der Waals surface area contributed by atoms with Gasteiger partial charge in [0.15, 0.2) is 0 Å². The minimum absolute atomic E-state index is 0.434. The highest BCUT2D eigenvalue weighted by molar-refractivity contribution is 7.99. The number of ether oxygens (including phenoxy) is 1. The summed E-state index contributed by atoms with van der Waals surface area (Å²) in [6.45, 7) is 3.02. The number of hydrogen-bond acceptors (Lipinski definition) is 6. The maximum Gasteiger partial charge on any atom is 0.146 e. The minimum atomic E-state index is 0.434. The zero-order valence-electron chi connectivity index (χ0n) is 20.6. The zero-order valence-corrected chi connectivity index (χ0v) is 21.4. The second-order valence-electron chi connectivity index (χ2n) is 9.82. The standard InChI is InChI=1S/C29H33N5OS/c30-28-27-26(22-7-4-8-25(17-22)35-19-21-5-2-1-3-6-21)18-34(29(27)32-20-31-28)24-11-9-23(10-12-24)33-13-15-36-16-14-33/h1-8,17-18,20,23-24H,9-16,19H2,(H2,30,31,32)/t23-,24+. The van der Waals surface area contributed by atoms with Crippen LogP contribution < -0.4 is 10.5 Å². The molecule has 0 amide bonds. The summed E-state index contributed by atoms with van der Waals surface area (Å²) < 4.78 is 8.48. The van der Waals surface area contributed by atoms with E-state index in [1.807, 2.05) is 30.3 Å². The van der Waals surface area contributed by atoms with Crippen LogP contribution in [0, 0.1) is 0 Å². The van der Waals surface area contributed by atoms with E-state index in [2.05, 4.69) is 56.7 Å². The summed E-state index contributed by atoms with van der Waals surface area (Å²) in [6, 6.07) is 19.7. The fourth-order valence-corrected chi connectivity index (χ4v) is 6.68. The van der Waals surface area contributed by atoms with Gasteiger partial charge in [-0.25, -0.2) is 9.97 Å². The first-order chi connectivity index (χ1) is 17.8. The van der Waals surface area contributed by atoms with Gasteiger partial charge in [-0.05, 0) is 48.9 Å². The van der Waals surface area contributed by atoms with Crippen LogP contribution in [-0.2, 0) is 6.61 Å². The van der Waals surface area contributed by atoms with Crippen LogP contribution in [0.2, 0.25) is 0 Å². The summed E-state index contributed by atoms with van der Waals surface area (Å²) in [7, 11) is 0. The van der Waals surface area contributed by atoms with Gasteiger partial charge in [0.1, 0.15) is 30.1 Å². The third-order valence-electron chi connectivity index (χ3n) is 7.65. The summed E-state index contributed by atoms with van der Waals surface area (Å²) >= 11 is 2.09. The van der Waals surface area contributed by atoms with E-state index in [0.717, 1.165) is 39.5 Å². The molecule has 4 aromatic rings. The summed E-state index contributed by atoms with van der Waals surface area (Å²) in [6.07, 6.45) is 8.66. The number of aromatic nitrogens is 3. The number of thioether (sulfide) groups is 1. The van der Waals surface area contributed by atoms with E-state index in [0.29, 0.717) is 18.5 Å². The third kappa shape index (κ3) is 4.82. The van der Waals surface area contributed by atoms with Crippen LogP contribution in [0.5, 0.6) is 5.75 Å². The molecule has 0 atom stereocenters. The zero-order chi connectivity index (χ0) is 24.3. The molecule has 1 saturated heterocycles. The molecule has 2 fully saturated rings. The van der Waals surface area contributed by atoms with Crippen molar-refractivity contribution in [1.29, 1.82) is 0 Å². The number of hydrogen-bond donors (Lipinski definition) is 1. The molecular weight excluding hydrogens is 466 g/mol. The Morgan fingerprint density at radius 1 is 0.917 bits per heavy atom. The van der Waals surface area contributed by atoms with Crippen LogP contribution in [0.15, 0.2) is 67.1 Å². The molecule has 3 heterocycles. The quantitative estimate of drug-likeness (QED) is 0.362. The van der Waals surface area contributed by atoms with Crippen molar-refractivity contribution in [2.75, 3.05) is 30.3 Å². The smallest absolute Gasteiger partial charge is 0.146 e. The molecule has 186 valence electrons. The number of nitrogens with zero attached hydrogens (tertiary/aromatic N) is 4. The van der Waals surface area contributed by atoms with Gasteiger partial charge in [-0.1, -0.05) is 42.5 Å². The van der Waals surface area contributed by atoms with Crippen molar-refractivity contribution in [3.8, 4) is 16.9 Å². The summed E-state index contributed by atoms with van der Waals surface area (Å²) in [4.78, 5) is 11.8. The highest BCUT2D eigenvalue weighted by Crippen LogP contribution is 2.39. The molecule has 2 N–H and O–H groups in total. The van der Waals surface area contributed by atoms with Crippen molar-refractivity contribution in [1.82, 2.24) is 19.4 Å². The Morgan fingerprint density at radius 3 is 2.50 bits per heavy atom. The predicted molar refractivity (Wildman–Crippen MR) is 148 cm³/mol. The fourth-order valence-electron chi connectivity index (χ4n) is 5.74. The first-order valence-electron chi connectivity index (χ1n) is 13.0. The van der Waals surface area contributed by atoms with Crippen LogP contribution in [0.1, 0.15) is 37.3 Å². The van der Waals surface area contributed by atoms with Gasteiger partial charge in [0.25, 0.3) is 0 Å². The maximum absolute atomic E-state index is 6.43. The van der Waals surface area contributed by atoms with Crippen LogP contribution >= 0.6 is 11.8 Å². The van der Waals surface area contributed by atoms with Crippen molar-refractivity contribution < 1.29 is 4.74 Å². The average Bonchev–Trinajstić information content (AvgIpc) is 3.34. The third-order valence-corrected chi connectivity index (χ3v) is 8.60. The van der Waals surface area contributed by atoms with E-state index in [9.17, 15) is 0 Å².